The topological polar surface area (TPSA) is 55.1 Å². The maximum atomic E-state index is 13.1. The first kappa shape index (κ1) is 10.8. The lowest BCUT2D eigenvalue weighted by molar-refractivity contribution is 0.626. The standard InChI is InChI=1S/C11H7FN4OS/c12-7-2-1-3-8(6-7)15-4-5-16-9(10(15)17)13-14-11(16)18/h1-6H,(H,14,18). The van der Waals surface area contributed by atoms with Crippen LogP contribution in [0.3, 0.4) is 0 Å². The fourth-order valence-corrected chi connectivity index (χ4v) is 1.92. The van der Waals surface area contributed by atoms with Gasteiger partial charge in [-0.2, -0.15) is 0 Å². The molecule has 2 heterocycles. The van der Waals surface area contributed by atoms with Crippen molar-refractivity contribution in [2.75, 3.05) is 0 Å². The van der Waals surface area contributed by atoms with Crippen molar-refractivity contribution in [2.45, 2.75) is 0 Å². The van der Waals surface area contributed by atoms with Crippen molar-refractivity contribution < 1.29 is 4.39 Å². The largest absolute Gasteiger partial charge is 0.300 e. The molecule has 18 heavy (non-hydrogen) atoms. The first-order valence-electron chi connectivity index (χ1n) is 5.11. The van der Waals surface area contributed by atoms with Crippen molar-refractivity contribution in [3.8, 4) is 5.69 Å². The number of halogens is 1. The third kappa shape index (κ3) is 1.56. The Balaban J connectivity index is 2.34. The lowest BCUT2D eigenvalue weighted by atomic mass is 10.3. The summed E-state index contributed by atoms with van der Waals surface area (Å²) in [5.74, 6) is -0.405. The summed E-state index contributed by atoms with van der Waals surface area (Å²) in [6.45, 7) is 0. The summed E-state index contributed by atoms with van der Waals surface area (Å²) in [5.41, 5.74) is 0.249. The van der Waals surface area contributed by atoms with Crippen molar-refractivity contribution in [1.82, 2.24) is 19.2 Å². The van der Waals surface area contributed by atoms with E-state index in [1.165, 1.54) is 33.4 Å². The van der Waals surface area contributed by atoms with Crippen LogP contribution in [0.1, 0.15) is 0 Å². The minimum atomic E-state index is -0.405. The van der Waals surface area contributed by atoms with Crippen LogP contribution in [0.15, 0.2) is 41.5 Å². The molecule has 0 bridgehead atoms. The summed E-state index contributed by atoms with van der Waals surface area (Å²) in [5, 5.41) is 6.38. The molecule has 3 rings (SSSR count). The van der Waals surface area contributed by atoms with E-state index in [0.717, 1.165) is 0 Å². The number of H-pyrrole nitrogens is 1. The zero-order valence-electron chi connectivity index (χ0n) is 9.00. The number of benzene rings is 1. The van der Waals surface area contributed by atoms with Crippen molar-refractivity contribution >= 4 is 17.9 Å². The van der Waals surface area contributed by atoms with E-state index in [-0.39, 0.29) is 11.2 Å². The number of aromatic amines is 1. The van der Waals surface area contributed by atoms with Gasteiger partial charge in [-0.3, -0.25) is 18.9 Å². The Morgan fingerprint density at radius 2 is 2.17 bits per heavy atom. The van der Waals surface area contributed by atoms with Crippen molar-refractivity contribution in [3.63, 3.8) is 0 Å². The second kappa shape index (κ2) is 3.88. The lowest BCUT2D eigenvalue weighted by Gasteiger charge is -2.05. The number of nitrogens with one attached hydrogen (secondary N) is 1. The van der Waals surface area contributed by atoms with Crippen LogP contribution in [0.4, 0.5) is 4.39 Å². The summed E-state index contributed by atoms with van der Waals surface area (Å²) in [7, 11) is 0. The predicted octanol–water partition coefficient (Wildman–Crippen LogP) is 1.68. The molecule has 2 aromatic heterocycles. The fourth-order valence-electron chi connectivity index (χ4n) is 1.73. The molecular weight excluding hydrogens is 255 g/mol. The molecule has 0 aliphatic carbocycles. The number of aromatic nitrogens is 4. The summed E-state index contributed by atoms with van der Waals surface area (Å²) in [6, 6.07) is 5.77. The normalized spacial score (nSPS) is 10.9. The molecule has 3 aromatic rings. The average Bonchev–Trinajstić information content (AvgIpc) is 2.73. The maximum absolute atomic E-state index is 13.1. The van der Waals surface area contributed by atoms with Crippen molar-refractivity contribution in [3.05, 3.63) is 57.6 Å². The van der Waals surface area contributed by atoms with E-state index in [2.05, 4.69) is 10.2 Å². The van der Waals surface area contributed by atoms with E-state index < -0.39 is 5.82 Å². The lowest BCUT2D eigenvalue weighted by Crippen LogP contribution is -2.20. The first-order valence-corrected chi connectivity index (χ1v) is 5.52. The highest BCUT2D eigenvalue weighted by Gasteiger charge is 2.07. The highest BCUT2D eigenvalue weighted by Crippen LogP contribution is 2.07. The minimum Gasteiger partial charge on any atom is -0.279 e. The molecule has 90 valence electrons. The van der Waals surface area contributed by atoms with Crippen LogP contribution in [-0.2, 0) is 0 Å². The van der Waals surface area contributed by atoms with Gasteiger partial charge in [-0.1, -0.05) is 6.07 Å². The Labute approximate surface area is 105 Å². The van der Waals surface area contributed by atoms with E-state index in [0.29, 0.717) is 10.5 Å². The third-order valence-electron chi connectivity index (χ3n) is 2.57. The number of rotatable bonds is 1. The van der Waals surface area contributed by atoms with E-state index in [9.17, 15) is 9.18 Å². The van der Waals surface area contributed by atoms with E-state index in [1.807, 2.05) is 0 Å². The van der Waals surface area contributed by atoms with E-state index >= 15 is 0 Å². The van der Waals surface area contributed by atoms with Crippen LogP contribution in [0.25, 0.3) is 11.3 Å². The minimum absolute atomic E-state index is 0.173. The highest BCUT2D eigenvalue weighted by atomic mass is 32.1. The molecule has 0 aliphatic heterocycles. The van der Waals surface area contributed by atoms with Gasteiger partial charge in [-0.05, 0) is 30.4 Å². The summed E-state index contributed by atoms with van der Waals surface area (Å²) >= 11 is 4.96. The summed E-state index contributed by atoms with van der Waals surface area (Å²) in [6.07, 6.45) is 3.13. The van der Waals surface area contributed by atoms with Gasteiger partial charge in [-0.25, -0.2) is 4.39 Å². The SMILES string of the molecule is O=c1c2n[nH]c(=S)n2ccn1-c1cccc(F)c1. The van der Waals surface area contributed by atoms with Crippen LogP contribution in [0.2, 0.25) is 0 Å². The Bertz CT molecular complexity index is 848. The van der Waals surface area contributed by atoms with Gasteiger partial charge in [0.2, 0.25) is 5.65 Å². The molecule has 5 nitrogen and oxygen atoms in total. The number of hydrogen-bond acceptors (Lipinski definition) is 3. The highest BCUT2D eigenvalue weighted by molar-refractivity contribution is 7.71. The summed E-state index contributed by atoms with van der Waals surface area (Å²) < 4.78 is 16.3. The fraction of sp³-hybridized carbons (Fsp3) is 0. The second-order valence-corrected chi connectivity index (χ2v) is 4.06. The van der Waals surface area contributed by atoms with Gasteiger partial charge in [-0.15, -0.1) is 5.10 Å². The molecule has 1 aromatic carbocycles. The van der Waals surface area contributed by atoms with Crippen molar-refractivity contribution in [1.29, 1.82) is 0 Å². The van der Waals surface area contributed by atoms with Gasteiger partial charge in [0.15, 0.2) is 4.77 Å². The Kier molecular flexibility index (Phi) is 2.34. The van der Waals surface area contributed by atoms with Gasteiger partial charge in [0, 0.05) is 12.4 Å². The number of nitrogens with zero attached hydrogens (tertiary/aromatic N) is 3. The molecule has 0 saturated heterocycles. The van der Waals surface area contributed by atoms with Crippen LogP contribution < -0.4 is 5.56 Å². The first-order chi connectivity index (χ1) is 8.66. The zero-order valence-corrected chi connectivity index (χ0v) is 9.82. The molecule has 0 atom stereocenters. The quantitative estimate of drug-likeness (QED) is 0.679. The molecular formula is C11H7FN4OS. The Morgan fingerprint density at radius 3 is 2.94 bits per heavy atom. The zero-order chi connectivity index (χ0) is 12.7. The van der Waals surface area contributed by atoms with Gasteiger partial charge >= 0.3 is 5.56 Å². The van der Waals surface area contributed by atoms with Crippen LogP contribution >= 0.6 is 12.2 Å². The molecule has 0 fully saturated rings. The van der Waals surface area contributed by atoms with E-state index in [1.54, 1.807) is 12.3 Å². The molecule has 0 saturated carbocycles. The third-order valence-corrected chi connectivity index (χ3v) is 2.85. The molecule has 7 heteroatoms. The molecule has 0 aliphatic rings. The monoisotopic (exact) mass is 262 g/mol. The van der Waals surface area contributed by atoms with Crippen LogP contribution in [0, 0.1) is 10.6 Å². The number of fused-ring (bicyclic) bond motifs is 1. The van der Waals surface area contributed by atoms with E-state index in [4.69, 9.17) is 12.2 Å². The van der Waals surface area contributed by atoms with Crippen molar-refractivity contribution in [2.24, 2.45) is 0 Å². The molecule has 0 spiro atoms. The average molecular weight is 262 g/mol. The van der Waals surface area contributed by atoms with Gasteiger partial charge in [0.25, 0.3) is 0 Å². The van der Waals surface area contributed by atoms with Gasteiger partial charge in [0.1, 0.15) is 5.82 Å². The van der Waals surface area contributed by atoms with Gasteiger partial charge in [0.05, 0.1) is 5.69 Å². The second-order valence-electron chi connectivity index (χ2n) is 3.68. The molecule has 0 radical (unpaired) electrons. The summed E-state index contributed by atoms with van der Waals surface area (Å²) in [4.78, 5) is 12.1. The maximum Gasteiger partial charge on any atom is 0.300 e. The Hall–Kier alpha value is -2.28. The smallest absolute Gasteiger partial charge is 0.279 e. The predicted molar refractivity (Wildman–Crippen MR) is 65.9 cm³/mol. The Morgan fingerprint density at radius 1 is 1.33 bits per heavy atom. The number of hydrogen-bond donors (Lipinski definition) is 1. The van der Waals surface area contributed by atoms with Crippen LogP contribution in [-0.4, -0.2) is 19.2 Å². The van der Waals surface area contributed by atoms with Crippen LogP contribution in [0.5, 0.6) is 0 Å². The van der Waals surface area contributed by atoms with Gasteiger partial charge < -0.3 is 0 Å². The molecule has 0 unspecified atom stereocenters. The molecule has 1 N–H and O–H groups in total. The molecule has 0 amide bonds.